The van der Waals surface area contributed by atoms with E-state index in [1.165, 1.54) is 16.7 Å². The van der Waals surface area contributed by atoms with Crippen molar-refractivity contribution in [2.75, 3.05) is 0 Å². The lowest BCUT2D eigenvalue weighted by molar-refractivity contribution is 0.446. The normalized spacial score (nSPS) is 12.9. The molecule has 0 saturated carbocycles. The highest BCUT2D eigenvalue weighted by molar-refractivity contribution is 6.09. The molecule has 0 aliphatic heterocycles. The highest BCUT2D eigenvalue weighted by Crippen LogP contribution is 2.44. The van der Waals surface area contributed by atoms with E-state index in [9.17, 15) is 5.11 Å². The lowest BCUT2D eigenvalue weighted by atomic mass is 9.78. The summed E-state index contributed by atoms with van der Waals surface area (Å²) in [6.45, 7) is 26.7. The minimum Gasteiger partial charge on any atom is -0.507 e. The second-order valence-electron chi connectivity index (χ2n) is 19.1. The van der Waals surface area contributed by atoms with Crippen LogP contribution in [0.1, 0.15) is 105 Å². The third kappa shape index (κ3) is 6.95. The Kier molecular flexibility index (Phi) is 8.91. The molecular formula is C50H55N3O. The van der Waals surface area contributed by atoms with Gasteiger partial charge in [-0.25, -0.2) is 4.98 Å². The first-order valence-electron chi connectivity index (χ1n) is 19.2. The van der Waals surface area contributed by atoms with Gasteiger partial charge in [-0.15, -0.1) is 0 Å². The second-order valence-corrected chi connectivity index (χ2v) is 19.1. The number of aromatic hydroxyl groups is 1. The summed E-state index contributed by atoms with van der Waals surface area (Å²) in [4.78, 5) is 10.4. The lowest BCUT2D eigenvalue weighted by Gasteiger charge is -2.27. The number of phenolic OH excluding ortho intramolecular Hbond substituents is 1. The first kappa shape index (κ1) is 37.1. The van der Waals surface area contributed by atoms with Crippen molar-refractivity contribution in [2.45, 2.75) is 105 Å². The number of benzene rings is 4. The quantitative estimate of drug-likeness (QED) is 0.198. The summed E-state index contributed by atoms with van der Waals surface area (Å²) >= 11 is 0. The van der Waals surface area contributed by atoms with Crippen LogP contribution in [0, 0.1) is 0 Å². The van der Waals surface area contributed by atoms with E-state index in [2.05, 4.69) is 185 Å². The van der Waals surface area contributed by atoms with E-state index in [4.69, 9.17) is 9.97 Å². The maximum absolute atomic E-state index is 11.9. The average molecular weight is 714 g/mol. The molecule has 276 valence electrons. The van der Waals surface area contributed by atoms with Crippen molar-refractivity contribution < 1.29 is 5.11 Å². The zero-order valence-electron chi connectivity index (χ0n) is 34.2. The highest BCUT2D eigenvalue weighted by Gasteiger charge is 2.27. The number of pyridine rings is 2. The van der Waals surface area contributed by atoms with Crippen LogP contribution < -0.4 is 0 Å². The molecule has 0 fully saturated rings. The fourth-order valence-corrected chi connectivity index (χ4v) is 7.32. The number of nitrogens with zero attached hydrogens (tertiary/aromatic N) is 3. The summed E-state index contributed by atoms with van der Waals surface area (Å²) in [5.41, 5.74) is 12.8. The van der Waals surface area contributed by atoms with Crippen molar-refractivity contribution in [3.8, 4) is 45.1 Å². The first-order chi connectivity index (χ1) is 25.2. The molecule has 0 amide bonds. The molecule has 3 aromatic heterocycles. The Balaban J connectivity index is 1.54. The molecule has 7 aromatic rings. The van der Waals surface area contributed by atoms with E-state index in [-0.39, 0.29) is 21.7 Å². The molecule has 0 radical (unpaired) electrons. The molecular weight excluding hydrogens is 659 g/mol. The molecule has 3 heterocycles. The summed E-state index contributed by atoms with van der Waals surface area (Å²) in [5, 5.41) is 14.2. The van der Waals surface area contributed by atoms with Crippen LogP contribution in [0.4, 0.5) is 0 Å². The van der Waals surface area contributed by atoms with E-state index in [0.29, 0.717) is 5.75 Å². The smallest absolute Gasteiger partial charge is 0.146 e. The third-order valence-corrected chi connectivity index (χ3v) is 10.7. The van der Waals surface area contributed by atoms with E-state index in [1.807, 2.05) is 12.3 Å². The van der Waals surface area contributed by atoms with Crippen LogP contribution in [0.25, 0.3) is 61.3 Å². The fraction of sp³-hybridized carbons (Fsp3) is 0.320. The Bertz CT molecular complexity index is 2530. The SMILES string of the molecule is CC(C)(C)c1cc(-c2cc(-c3ccccc3)ccn2)cc(-n2c3ccc(C(C)(C)C)cc3c3ccc(-c4cc(C(C)(C)C)cc(C(C)(C)C)c4O)nc32)c1. The summed E-state index contributed by atoms with van der Waals surface area (Å²) in [5.74, 6) is 0.293. The number of fused-ring (bicyclic) bond motifs is 3. The Labute approximate surface area is 322 Å². The summed E-state index contributed by atoms with van der Waals surface area (Å²) in [6, 6.07) is 37.0. The van der Waals surface area contributed by atoms with E-state index >= 15 is 0 Å². The summed E-state index contributed by atoms with van der Waals surface area (Å²) < 4.78 is 2.32. The fourth-order valence-electron chi connectivity index (χ4n) is 7.32. The molecule has 0 spiro atoms. The maximum atomic E-state index is 11.9. The standard InChI is InChI=1S/C50H55N3O/c1-47(2,3)34-18-21-44-39(28-34)38-19-20-42(40-29-36(49(7,8)9)30-41(45(40)54)50(10,11)12)52-46(38)53(44)37-25-33(24-35(27-37)48(4,5)6)43-26-32(22-23-51-43)31-16-14-13-15-17-31/h13-30,54H,1-12H3. The molecule has 0 aliphatic rings. The van der Waals surface area contributed by atoms with Crippen molar-refractivity contribution >= 4 is 21.9 Å². The molecule has 7 rings (SSSR count). The van der Waals surface area contributed by atoms with Gasteiger partial charge in [0.15, 0.2) is 0 Å². The maximum Gasteiger partial charge on any atom is 0.146 e. The first-order valence-corrected chi connectivity index (χ1v) is 19.2. The molecule has 0 atom stereocenters. The largest absolute Gasteiger partial charge is 0.507 e. The van der Waals surface area contributed by atoms with Crippen LogP contribution in [-0.4, -0.2) is 19.6 Å². The molecule has 4 nitrogen and oxygen atoms in total. The predicted octanol–water partition coefficient (Wildman–Crippen LogP) is 13.5. The Hall–Kier alpha value is -5.22. The predicted molar refractivity (Wildman–Crippen MR) is 229 cm³/mol. The monoisotopic (exact) mass is 713 g/mol. The van der Waals surface area contributed by atoms with Crippen LogP contribution in [0.15, 0.2) is 109 Å². The van der Waals surface area contributed by atoms with Crippen molar-refractivity contribution in [3.05, 3.63) is 132 Å². The van der Waals surface area contributed by atoms with Crippen LogP contribution >= 0.6 is 0 Å². The number of hydrogen-bond acceptors (Lipinski definition) is 3. The van der Waals surface area contributed by atoms with Crippen LogP contribution in [-0.2, 0) is 21.7 Å². The van der Waals surface area contributed by atoms with Crippen molar-refractivity contribution in [1.29, 1.82) is 0 Å². The third-order valence-electron chi connectivity index (χ3n) is 10.7. The van der Waals surface area contributed by atoms with Gasteiger partial charge in [0.1, 0.15) is 11.4 Å². The van der Waals surface area contributed by atoms with Gasteiger partial charge in [-0.05, 0) is 110 Å². The minimum absolute atomic E-state index is 0.0206. The zero-order chi connectivity index (χ0) is 39.0. The molecule has 0 saturated heterocycles. The second kappa shape index (κ2) is 13.0. The Morgan fingerprint density at radius 1 is 0.500 bits per heavy atom. The van der Waals surface area contributed by atoms with Crippen molar-refractivity contribution in [2.24, 2.45) is 0 Å². The number of rotatable bonds is 4. The number of hydrogen-bond donors (Lipinski definition) is 1. The highest BCUT2D eigenvalue weighted by atomic mass is 16.3. The molecule has 0 bridgehead atoms. The Morgan fingerprint density at radius 3 is 1.81 bits per heavy atom. The average Bonchev–Trinajstić information content (AvgIpc) is 3.43. The van der Waals surface area contributed by atoms with Crippen LogP contribution in [0.3, 0.4) is 0 Å². The lowest BCUT2D eigenvalue weighted by Crippen LogP contribution is -2.17. The van der Waals surface area contributed by atoms with E-state index in [0.717, 1.165) is 66.8 Å². The van der Waals surface area contributed by atoms with Gasteiger partial charge >= 0.3 is 0 Å². The number of aromatic nitrogens is 3. The van der Waals surface area contributed by atoms with Gasteiger partial charge < -0.3 is 5.11 Å². The van der Waals surface area contributed by atoms with Gasteiger partial charge in [0.25, 0.3) is 0 Å². The van der Waals surface area contributed by atoms with Gasteiger partial charge in [0.2, 0.25) is 0 Å². The molecule has 4 heteroatoms. The number of phenols is 1. The van der Waals surface area contributed by atoms with Gasteiger partial charge in [0.05, 0.1) is 16.9 Å². The molecule has 4 aromatic carbocycles. The summed E-state index contributed by atoms with van der Waals surface area (Å²) in [7, 11) is 0. The van der Waals surface area contributed by atoms with Crippen LogP contribution in [0.2, 0.25) is 0 Å². The van der Waals surface area contributed by atoms with Crippen molar-refractivity contribution in [1.82, 2.24) is 14.5 Å². The Morgan fingerprint density at radius 2 is 1.17 bits per heavy atom. The minimum atomic E-state index is -0.252. The van der Waals surface area contributed by atoms with Crippen molar-refractivity contribution in [3.63, 3.8) is 0 Å². The zero-order valence-corrected chi connectivity index (χ0v) is 34.2. The molecule has 54 heavy (non-hydrogen) atoms. The van der Waals surface area contributed by atoms with Gasteiger partial charge in [-0.3, -0.25) is 9.55 Å². The van der Waals surface area contributed by atoms with E-state index < -0.39 is 0 Å². The molecule has 1 N–H and O–H groups in total. The topological polar surface area (TPSA) is 50.9 Å². The van der Waals surface area contributed by atoms with Gasteiger partial charge in [-0.2, -0.15) is 0 Å². The molecule has 0 unspecified atom stereocenters. The van der Waals surface area contributed by atoms with Gasteiger partial charge in [0, 0.05) is 39.3 Å². The van der Waals surface area contributed by atoms with E-state index in [1.54, 1.807) is 0 Å². The summed E-state index contributed by atoms with van der Waals surface area (Å²) in [6.07, 6.45) is 1.91. The molecule has 0 aliphatic carbocycles. The van der Waals surface area contributed by atoms with Crippen LogP contribution in [0.5, 0.6) is 5.75 Å². The van der Waals surface area contributed by atoms with Gasteiger partial charge in [-0.1, -0.05) is 126 Å².